The van der Waals surface area contributed by atoms with Crippen LogP contribution in [0.3, 0.4) is 0 Å². The predicted molar refractivity (Wildman–Crippen MR) is 193 cm³/mol. The fourth-order valence-electron chi connectivity index (χ4n) is 4.91. The smallest absolute Gasteiger partial charge is 0.462 e. The molecule has 0 saturated carbocycles. The maximum Gasteiger partial charge on any atom is 0.500 e. The maximum absolute atomic E-state index is 13.0. The second-order valence-electron chi connectivity index (χ2n) is 10.3. The van der Waals surface area contributed by atoms with Gasteiger partial charge < -0.3 is 57.3 Å². The topological polar surface area (TPSA) is 190 Å². The number of nitrogens with one attached hydrogen (secondary N) is 4. The Kier molecular flexibility index (Phi) is 22.4. The van der Waals surface area contributed by atoms with Crippen LogP contribution in [0.5, 0.6) is 0 Å². The van der Waals surface area contributed by atoms with Gasteiger partial charge in [-0.15, -0.1) is 0 Å². The largest absolute Gasteiger partial charge is 0.500 e. The Bertz CT molecular complexity index is 1070. The fraction of sp³-hybridized carbons (Fsp3) is 0.688. The molecule has 50 heavy (non-hydrogen) atoms. The quantitative estimate of drug-likeness (QED) is 0.0555. The van der Waals surface area contributed by atoms with Gasteiger partial charge in [0.25, 0.3) is 0 Å². The lowest BCUT2D eigenvalue weighted by molar-refractivity contribution is 0.0513. The van der Waals surface area contributed by atoms with E-state index in [1.54, 1.807) is 13.8 Å². The molecular formula is C32H58N4O12Si2. The van der Waals surface area contributed by atoms with Crippen molar-refractivity contribution in [2.45, 2.75) is 80.3 Å². The molecule has 0 heterocycles. The first-order chi connectivity index (χ1) is 24.0. The lowest BCUT2D eigenvalue weighted by Crippen LogP contribution is -2.46. The molecule has 0 saturated heterocycles. The highest BCUT2D eigenvalue weighted by Gasteiger charge is 2.40. The average Bonchev–Trinajstić information content (AvgIpc) is 3.06. The summed E-state index contributed by atoms with van der Waals surface area (Å²) < 4.78 is 45.6. The number of rotatable bonds is 26. The predicted octanol–water partition coefficient (Wildman–Crippen LogP) is 5.16. The lowest BCUT2D eigenvalue weighted by atomic mass is 10.1. The first-order valence-electron chi connectivity index (χ1n) is 17.5. The SMILES string of the molecule is CCOC(=O)c1cc(NC(=O)NCCC[Si](OCC)(OCC)OCC)c(C(=O)OCC)cc1NC(=O)NCCC[Si](OCC)(OCC)OCC. The molecule has 0 aromatic heterocycles. The number of hydrogen-bond acceptors (Lipinski definition) is 12. The molecule has 1 aromatic rings. The summed E-state index contributed by atoms with van der Waals surface area (Å²) in [6.45, 7) is 17.7. The van der Waals surface area contributed by atoms with Gasteiger partial charge in [-0.2, -0.15) is 0 Å². The van der Waals surface area contributed by atoms with E-state index in [1.807, 2.05) is 41.5 Å². The van der Waals surface area contributed by atoms with Crippen LogP contribution in [0.2, 0.25) is 12.1 Å². The van der Waals surface area contributed by atoms with Crippen molar-refractivity contribution >= 4 is 53.0 Å². The van der Waals surface area contributed by atoms with Gasteiger partial charge in [-0.05, 0) is 80.4 Å². The van der Waals surface area contributed by atoms with Crippen molar-refractivity contribution in [3.05, 3.63) is 23.3 Å². The Hall–Kier alpha value is -3.11. The number of hydrogen-bond donors (Lipinski definition) is 4. The van der Waals surface area contributed by atoms with Gasteiger partial charge in [-0.3, -0.25) is 0 Å². The highest BCUT2D eigenvalue weighted by molar-refractivity contribution is 6.61. The number of carbonyl (C=O) groups is 4. The van der Waals surface area contributed by atoms with Crippen LogP contribution in [0.25, 0.3) is 0 Å². The van der Waals surface area contributed by atoms with Crippen molar-refractivity contribution < 1.29 is 55.2 Å². The normalized spacial score (nSPS) is 11.5. The average molecular weight is 747 g/mol. The van der Waals surface area contributed by atoms with Crippen LogP contribution >= 0.6 is 0 Å². The first kappa shape index (κ1) is 44.9. The fourth-order valence-corrected chi connectivity index (χ4v) is 10.1. The van der Waals surface area contributed by atoms with Crippen LogP contribution in [0, 0.1) is 0 Å². The summed E-state index contributed by atoms with van der Waals surface area (Å²) in [5, 5.41) is 10.7. The third-order valence-corrected chi connectivity index (χ3v) is 13.0. The van der Waals surface area contributed by atoms with E-state index in [0.29, 0.717) is 64.6 Å². The summed E-state index contributed by atoms with van der Waals surface area (Å²) in [7, 11) is -5.78. The minimum absolute atomic E-state index is 0.0132. The van der Waals surface area contributed by atoms with Crippen molar-refractivity contribution in [3.8, 4) is 0 Å². The molecule has 16 nitrogen and oxygen atoms in total. The van der Waals surface area contributed by atoms with E-state index in [0.717, 1.165) is 0 Å². The molecule has 18 heteroatoms. The number of ether oxygens (including phenoxy) is 2. The second-order valence-corrected chi connectivity index (χ2v) is 15.8. The molecule has 0 aliphatic heterocycles. The van der Waals surface area contributed by atoms with E-state index >= 15 is 0 Å². The summed E-state index contributed by atoms with van der Waals surface area (Å²) in [4.78, 5) is 52.0. The zero-order valence-corrected chi connectivity index (χ0v) is 33.0. The highest BCUT2D eigenvalue weighted by atomic mass is 28.4. The summed E-state index contributed by atoms with van der Waals surface area (Å²) in [6, 6.07) is 2.24. The Morgan fingerprint density at radius 2 is 0.800 bits per heavy atom. The van der Waals surface area contributed by atoms with Crippen molar-refractivity contribution in [2.24, 2.45) is 0 Å². The Labute approximate surface area is 298 Å². The van der Waals surface area contributed by atoms with Crippen LogP contribution in [-0.2, 0) is 36.0 Å². The maximum atomic E-state index is 13.0. The number of benzene rings is 1. The van der Waals surface area contributed by atoms with E-state index in [2.05, 4.69) is 21.3 Å². The number of amides is 4. The Morgan fingerprint density at radius 3 is 1.06 bits per heavy atom. The number of anilines is 2. The highest BCUT2D eigenvalue weighted by Crippen LogP contribution is 2.28. The van der Waals surface area contributed by atoms with Crippen molar-refractivity contribution in [2.75, 3.05) is 76.6 Å². The van der Waals surface area contributed by atoms with Crippen LogP contribution in [0.1, 0.15) is 88.9 Å². The van der Waals surface area contributed by atoms with Gasteiger partial charge in [-0.25, -0.2) is 19.2 Å². The number of carbonyl (C=O) groups excluding carboxylic acids is 4. The van der Waals surface area contributed by atoms with Crippen LogP contribution in [-0.4, -0.2) is 108 Å². The molecular weight excluding hydrogens is 689 g/mol. The monoisotopic (exact) mass is 746 g/mol. The van der Waals surface area contributed by atoms with Gasteiger partial charge >= 0.3 is 41.6 Å². The molecule has 1 rings (SSSR count). The van der Waals surface area contributed by atoms with Crippen LogP contribution < -0.4 is 21.3 Å². The van der Waals surface area contributed by atoms with Crippen molar-refractivity contribution in [3.63, 3.8) is 0 Å². The molecule has 0 atom stereocenters. The van der Waals surface area contributed by atoms with E-state index in [1.165, 1.54) is 12.1 Å². The van der Waals surface area contributed by atoms with Gasteiger partial charge in [0, 0.05) is 64.8 Å². The molecule has 286 valence electrons. The molecule has 0 spiro atoms. The molecule has 4 N–H and O–H groups in total. The van der Waals surface area contributed by atoms with E-state index in [9.17, 15) is 19.2 Å². The third kappa shape index (κ3) is 15.4. The lowest BCUT2D eigenvalue weighted by Gasteiger charge is -2.28. The third-order valence-electron chi connectivity index (χ3n) is 6.72. The van der Waals surface area contributed by atoms with Gasteiger partial charge in [0.1, 0.15) is 0 Å². The first-order valence-corrected chi connectivity index (χ1v) is 21.3. The van der Waals surface area contributed by atoms with E-state index in [-0.39, 0.29) is 48.8 Å². The number of esters is 2. The Morgan fingerprint density at radius 1 is 0.500 bits per heavy atom. The molecule has 0 aliphatic rings. The zero-order valence-electron chi connectivity index (χ0n) is 31.0. The molecule has 0 bridgehead atoms. The zero-order chi connectivity index (χ0) is 37.4. The van der Waals surface area contributed by atoms with Crippen LogP contribution in [0.4, 0.5) is 21.0 Å². The summed E-state index contributed by atoms with van der Waals surface area (Å²) >= 11 is 0. The Balaban J connectivity index is 3.15. The molecule has 0 radical (unpaired) electrons. The summed E-state index contributed by atoms with van der Waals surface area (Å²) in [6.07, 6.45) is 1.00. The second kappa shape index (κ2) is 24.9. The van der Waals surface area contributed by atoms with Crippen LogP contribution in [0.15, 0.2) is 12.1 Å². The van der Waals surface area contributed by atoms with E-state index in [4.69, 9.17) is 36.0 Å². The van der Waals surface area contributed by atoms with E-state index < -0.39 is 41.6 Å². The molecule has 0 unspecified atom stereocenters. The van der Waals surface area contributed by atoms with Gasteiger partial charge in [0.2, 0.25) is 0 Å². The standard InChI is InChI=1S/C32H58N4O12Si2/c1-9-41-29(37)25-23-28(36-32(40)34-20-18-22-50(46-14-6,47-15-7)48-16-8)26(30(38)42-10-2)24-27(25)35-31(39)33-19-17-21-49(43-11-3,44-12-4)45-13-5/h23-24H,9-22H2,1-8H3,(H2,33,35,39)(H2,34,36,40). The van der Waals surface area contributed by atoms with Gasteiger partial charge in [0.15, 0.2) is 0 Å². The van der Waals surface area contributed by atoms with Gasteiger partial charge in [0.05, 0.1) is 35.7 Å². The molecule has 0 aliphatic carbocycles. The molecule has 4 amide bonds. The minimum Gasteiger partial charge on any atom is -0.462 e. The molecule has 0 fully saturated rings. The number of urea groups is 2. The van der Waals surface area contributed by atoms with Crippen molar-refractivity contribution in [1.29, 1.82) is 0 Å². The summed E-state index contributed by atoms with van der Waals surface area (Å²) in [5.41, 5.74) is -0.190. The summed E-state index contributed by atoms with van der Waals surface area (Å²) in [5.74, 6) is -1.54. The van der Waals surface area contributed by atoms with Gasteiger partial charge in [-0.1, -0.05) is 0 Å². The van der Waals surface area contributed by atoms with Crippen molar-refractivity contribution in [1.82, 2.24) is 10.6 Å². The minimum atomic E-state index is -2.89. The molecule has 1 aromatic carbocycles.